The average Bonchev–Trinajstić information content (AvgIpc) is 2.91. The van der Waals surface area contributed by atoms with E-state index in [1.165, 1.54) is 0 Å². The number of hydrogen-bond acceptors (Lipinski definition) is 5. The summed E-state index contributed by atoms with van der Waals surface area (Å²) in [5, 5.41) is 1.08. The van der Waals surface area contributed by atoms with E-state index >= 15 is 0 Å². The van der Waals surface area contributed by atoms with Gasteiger partial charge in [0.2, 0.25) is 0 Å². The highest BCUT2D eigenvalue weighted by Crippen LogP contribution is 2.23. The summed E-state index contributed by atoms with van der Waals surface area (Å²) in [5.41, 5.74) is 7.45. The number of aldehydes is 1. The van der Waals surface area contributed by atoms with Crippen LogP contribution in [0.4, 0.5) is 5.69 Å². The second-order valence-corrected chi connectivity index (χ2v) is 5.23. The third kappa shape index (κ3) is 3.46. The molecule has 1 heterocycles. The molecule has 1 aromatic carbocycles. The van der Waals surface area contributed by atoms with Crippen molar-refractivity contribution < 1.29 is 14.3 Å². The Balaban J connectivity index is 2.08. The Bertz CT molecular complexity index is 664. The Morgan fingerprint density at radius 1 is 1.36 bits per heavy atom. The zero-order chi connectivity index (χ0) is 16.1. The molecule has 0 bridgehead atoms. The normalized spacial score (nSPS) is 12.4. The van der Waals surface area contributed by atoms with Gasteiger partial charge in [0.05, 0.1) is 6.61 Å². The number of rotatable bonds is 7. The van der Waals surface area contributed by atoms with Gasteiger partial charge in [-0.05, 0) is 45.0 Å². The van der Waals surface area contributed by atoms with E-state index in [9.17, 15) is 9.59 Å². The zero-order valence-corrected chi connectivity index (χ0v) is 13.0. The molecule has 6 nitrogen and oxygen atoms in total. The first-order valence-electron chi connectivity index (χ1n) is 7.31. The second kappa shape index (κ2) is 7.09. The number of anilines is 1. The van der Waals surface area contributed by atoms with Gasteiger partial charge in [-0.3, -0.25) is 0 Å². The van der Waals surface area contributed by atoms with E-state index in [1.807, 2.05) is 30.5 Å². The molecular formula is C16H21N3O3. The molecule has 0 saturated heterocycles. The van der Waals surface area contributed by atoms with Gasteiger partial charge in [-0.15, -0.1) is 0 Å². The molecule has 2 aromatic rings. The quantitative estimate of drug-likeness (QED) is 0.355. The maximum Gasteiger partial charge on any atom is 0.332 e. The monoisotopic (exact) mass is 303 g/mol. The number of aromatic nitrogens is 1. The number of carbonyl (C=O) groups is 2. The van der Waals surface area contributed by atoms with E-state index in [0.717, 1.165) is 16.6 Å². The van der Waals surface area contributed by atoms with E-state index in [4.69, 9.17) is 4.74 Å². The van der Waals surface area contributed by atoms with Gasteiger partial charge in [-0.25, -0.2) is 10.2 Å². The molecule has 0 fully saturated rings. The van der Waals surface area contributed by atoms with E-state index in [-0.39, 0.29) is 6.61 Å². The molecule has 1 atom stereocenters. The number of fused-ring (bicyclic) bond motifs is 1. The Labute approximate surface area is 129 Å². The number of carbonyl (C=O) groups excluding carboxylic acids is 2. The largest absolute Gasteiger partial charge is 0.464 e. The first-order chi connectivity index (χ1) is 10.6. The molecule has 1 unspecified atom stereocenters. The lowest BCUT2D eigenvalue weighted by Crippen LogP contribution is -2.42. The van der Waals surface area contributed by atoms with Crippen LogP contribution in [0.3, 0.4) is 0 Å². The van der Waals surface area contributed by atoms with Crippen LogP contribution in [-0.2, 0) is 14.3 Å². The van der Waals surface area contributed by atoms with Crippen LogP contribution in [0, 0.1) is 0 Å². The highest BCUT2D eigenvalue weighted by atomic mass is 16.5. The highest BCUT2D eigenvalue weighted by molar-refractivity contribution is 5.92. The van der Waals surface area contributed by atoms with Gasteiger partial charge >= 0.3 is 5.97 Å². The van der Waals surface area contributed by atoms with E-state index < -0.39 is 12.0 Å². The molecule has 1 aromatic heterocycles. The topological polar surface area (TPSA) is 72.4 Å². The molecule has 0 aliphatic heterocycles. The van der Waals surface area contributed by atoms with Gasteiger partial charge in [0.1, 0.15) is 6.29 Å². The number of nitrogens with one attached hydrogen (secondary N) is 2. The van der Waals surface area contributed by atoms with Crippen molar-refractivity contribution in [3.8, 4) is 0 Å². The lowest BCUT2D eigenvalue weighted by Gasteiger charge is -2.14. The van der Waals surface area contributed by atoms with Crippen LogP contribution in [-0.4, -0.2) is 29.5 Å². The van der Waals surface area contributed by atoms with Gasteiger partial charge in [-0.1, -0.05) is 0 Å². The highest BCUT2D eigenvalue weighted by Gasteiger charge is 2.18. The molecule has 0 aliphatic rings. The summed E-state index contributed by atoms with van der Waals surface area (Å²) in [5.74, 6) is -0.600. The van der Waals surface area contributed by atoms with Crippen LogP contribution < -0.4 is 10.9 Å². The predicted octanol–water partition coefficient (Wildman–Crippen LogP) is 2.27. The van der Waals surface area contributed by atoms with Crippen molar-refractivity contribution in [3.05, 3.63) is 30.5 Å². The van der Waals surface area contributed by atoms with Crippen molar-refractivity contribution in [1.82, 2.24) is 9.99 Å². The van der Waals surface area contributed by atoms with Crippen molar-refractivity contribution in [1.29, 1.82) is 0 Å². The summed E-state index contributed by atoms with van der Waals surface area (Å²) in [4.78, 5) is 22.5. The molecule has 0 saturated carbocycles. The minimum absolute atomic E-state index is 0.236. The summed E-state index contributed by atoms with van der Waals surface area (Å²) >= 11 is 0. The number of nitrogens with zero attached hydrogens (tertiary/aromatic N) is 1. The molecule has 0 amide bonds. The number of benzene rings is 1. The molecule has 118 valence electrons. The van der Waals surface area contributed by atoms with Crippen molar-refractivity contribution in [2.45, 2.75) is 32.9 Å². The summed E-state index contributed by atoms with van der Waals surface area (Å²) in [6.45, 7) is 6.18. The van der Waals surface area contributed by atoms with Gasteiger partial charge in [-0.2, -0.15) is 0 Å². The molecule has 0 radical (unpaired) electrons. The Hall–Kier alpha value is -2.34. The molecule has 0 spiro atoms. The van der Waals surface area contributed by atoms with Crippen LogP contribution in [0.15, 0.2) is 30.5 Å². The zero-order valence-electron chi connectivity index (χ0n) is 13.0. The van der Waals surface area contributed by atoms with Crippen LogP contribution >= 0.6 is 0 Å². The van der Waals surface area contributed by atoms with Crippen molar-refractivity contribution in [3.63, 3.8) is 0 Å². The second-order valence-electron chi connectivity index (χ2n) is 5.23. The number of esters is 1. The first-order valence-corrected chi connectivity index (χ1v) is 7.31. The average molecular weight is 303 g/mol. The standard InChI is InChI=1S/C16H21N3O3/c1-4-22-16(21)14(10-20)18-17-13-5-6-15-12(9-13)7-8-19(15)11(2)3/h5-11,14,17-18H,4H2,1-3H3. The SMILES string of the molecule is CCOC(=O)C(C=O)NNc1ccc2c(ccn2C(C)C)c1. The Kier molecular flexibility index (Phi) is 5.16. The lowest BCUT2D eigenvalue weighted by molar-refractivity contribution is -0.146. The number of ether oxygens (including phenoxy) is 1. The molecule has 6 heteroatoms. The number of hydrogen-bond donors (Lipinski definition) is 2. The summed E-state index contributed by atoms with van der Waals surface area (Å²) in [6, 6.07) is 7.23. The third-order valence-electron chi connectivity index (χ3n) is 3.33. The first kappa shape index (κ1) is 16.0. The minimum Gasteiger partial charge on any atom is -0.464 e. The van der Waals surface area contributed by atoms with Crippen LogP contribution in [0.1, 0.15) is 26.8 Å². The predicted molar refractivity (Wildman–Crippen MR) is 85.6 cm³/mol. The Morgan fingerprint density at radius 2 is 2.14 bits per heavy atom. The van der Waals surface area contributed by atoms with Crippen molar-refractivity contribution in [2.24, 2.45) is 0 Å². The van der Waals surface area contributed by atoms with E-state index in [1.54, 1.807) is 6.92 Å². The smallest absolute Gasteiger partial charge is 0.332 e. The van der Waals surface area contributed by atoms with Crippen molar-refractivity contribution >= 4 is 28.8 Å². The maximum absolute atomic E-state index is 11.5. The summed E-state index contributed by atoms with van der Waals surface area (Å²) in [6.07, 6.45) is 2.55. The van der Waals surface area contributed by atoms with E-state index in [0.29, 0.717) is 12.3 Å². The number of hydrazine groups is 1. The lowest BCUT2D eigenvalue weighted by atomic mass is 10.2. The summed E-state index contributed by atoms with van der Waals surface area (Å²) in [7, 11) is 0. The maximum atomic E-state index is 11.5. The van der Waals surface area contributed by atoms with E-state index in [2.05, 4.69) is 29.3 Å². The summed E-state index contributed by atoms with van der Waals surface area (Å²) < 4.78 is 6.99. The van der Waals surface area contributed by atoms with Crippen LogP contribution in [0.5, 0.6) is 0 Å². The van der Waals surface area contributed by atoms with Gasteiger partial charge in [0.25, 0.3) is 0 Å². The molecule has 22 heavy (non-hydrogen) atoms. The van der Waals surface area contributed by atoms with Crippen LogP contribution in [0.25, 0.3) is 10.9 Å². The van der Waals surface area contributed by atoms with Crippen LogP contribution in [0.2, 0.25) is 0 Å². The van der Waals surface area contributed by atoms with Crippen molar-refractivity contribution in [2.75, 3.05) is 12.0 Å². The van der Waals surface area contributed by atoms with Gasteiger partial charge in [0, 0.05) is 28.8 Å². The molecular weight excluding hydrogens is 282 g/mol. The fraction of sp³-hybridized carbons (Fsp3) is 0.375. The molecule has 0 aliphatic carbocycles. The third-order valence-corrected chi connectivity index (χ3v) is 3.33. The van der Waals surface area contributed by atoms with Gasteiger partial charge < -0.3 is 19.5 Å². The fourth-order valence-corrected chi connectivity index (χ4v) is 2.23. The molecule has 2 rings (SSSR count). The fourth-order valence-electron chi connectivity index (χ4n) is 2.23. The Morgan fingerprint density at radius 3 is 2.77 bits per heavy atom. The van der Waals surface area contributed by atoms with Gasteiger partial charge in [0.15, 0.2) is 6.04 Å². The minimum atomic E-state index is -1.03. The molecule has 2 N–H and O–H groups in total.